The molecule has 2 saturated heterocycles. The third-order valence-electron chi connectivity index (χ3n) is 6.56. The molecule has 0 aromatic rings. The second-order valence-electron chi connectivity index (χ2n) is 10.2. The molecule has 5 amide bonds. The number of carbonyl (C=O) groups is 6. The molecule has 0 aliphatic carbocycles. The molecule has 2 rings (SSSR count). The molecule has 2 aliphatic heterocycles. The molecule has 2 heterocycles. The highest BCUT2D eigenvalue weighted by molar-refractivity contribution is 5.96. The Hall–Kier alpha value is -3.22. The van der Waals surface area contributed by atoms with Crippen molar-refractivity contribution in [3.05, 3.63) is 0 Å². The number of nitrogens with one attached hydrogen (secondary N) is 3. The summed E-state index contributed by atoms with van der Waals surface area (Å²) in [6, 6.07) is -4.16. The van der Waals surface area contributed by atoms with Crippen LogP contribution in [0, 0.1) is 5.92 Å². The van der Waals surface area contributed by atoms with E-state index in [4.69, 9.17) is 10.8 Å². The maximum atomic E-state index is 13.3. The van der Waals surface area contributed by atoms with Gasteiger partial charge in [-0.2, -0.15) is 0 Å². The molecule has 0 saturated carbocycles. The molecular formula is C24H40N6O7. The number of hydrogen-bond acceptors (Lipinski definition) is 7. The van der Waals surface area contributed by atoms with Gasteiger partial charge < -0.3 is 36.6 Å². The zero-order valence-electron chi connectivity index (χ0n) is 22.0. The fraction of sp³-hybridized carbons (Fsp3) is 0.750. The third-order valence-corrected chi connectivity index (χ3v) is 6.56. The lowest BCUT2D eigenvalue weighted by atomic mass is 10.0. The van der Waals surface area contributed by atoms with Gasteiger partial charge in [-0.1, -0.05) is 13.8 Å². The largest absolute Gasteiger partial charge is 0.480 e. The number of nitrogens with zero attached hydrogens (tertiary/aromatic N) is 2. The van der Waals surface area contributed by atoms with E-state index in [0.29, 0.717) is 45.2 Å². The standard InChI is InChI=1S/C24H40N6O7/c1-13(2)11-16(28-20(33)14(3)25)24(37)30-10-6-8-18(30)22(35)27-15(4)23(36)29-9-5-7-17(29)21(34)26-12-19(31)32/h13-18H,5-12,25H2,1-4H3,(H,26,34)(H,27,35)(H,28,33)(H,31,32)/t14-,15-,16-,17-,18-/m0/s1. The Bertz CT molecular complexity index is 893. The summed E-state index contributed by atoms with van der Waals surface area (Å²) in [7, 11) is 0. The second-order valence-corrected chi connectivity index (χ2v) is 10.2. The summed E-state index contributed by atoms with van der Waals surface area (Å²) in [6.45, 7) is 7.00. The van der Waals surface area contributed by atoms with Crippen molar-refractivity contribution in [2.75, 3.05) is 19.6 Å². The lowest BCUT2D eigenvalue weighted by molar-refractivity contribution is -0.144. The number of likely N-dealkylation sites (tertiary alicyclic amines) is 2. The molecule has 0 aromatic heterocycles. The lowest BCUT2D eigenvalue weighted by Crippen LogP contribution is -2.58. The topological polar surface area (TPSA) is 191 Å². The molecule has 5 atom stereocenters. The number of carboxylic acid groups (broad SMARTS) is 1. The number of carboxylic acids is 1. The predicted molar refractivity (Wildman–Crippen MR) is 133 cm³/mol. The maximum absolute atomic E-state index is 13.3. The molecule has 2 aliphatic rings. The molecule has 6 N–H and O–H groups in total. The first-order valence-corrected chi connectivity index (χ1v) is 12.8. The molecule has 0 radical (unpaired) electrons. The van der Waals surface area contributed by atoms with Crippen LogP contribution in [0.2, 0.25) is 0 Å². The van der Waals surface area contributed by atoms with Gasteiger partial charge in [-0.3, -0.25) is 28.8 Å². The number of rotatable bonds is 11. The number of amides is 5. The van der Waals surface area contributed by atoms with Crippen molar-refractivity contribution in [3.8, 4) is 0 Å². The number of aliphatic carboxylic acids is 1. The Morgan fingerprint density at radius 3 is 1.92 bits per heavy atom. The molecule has 37 heavy (non-hydrogen) atoms. The minimum Gasteiger partial charge on any atom is -0.480 e. The van der Waals surface area contributed by atoms with Gasteiger partial charge in [0, 0.05) is 13.1 Å². The lowest BCUT2D eigenvalue weighted by Gasteiger charge is -2.31. The molecular weight excluding hydrogens is 484 g/mol. The first-order valence-electron chi connectivity index (χ1n) is 12.8. The summed E-state index contributed by atoms with van der Waals surface area (Å²) < 4.78 is 0. The Kier molecular flexibility index (Phi) is 10.8. The van der Waals surface area contributed by atoms with Crippen LogP contribution in [0.4, 0.5) is 0 Å². The van der Waals surface area contributed by atoms with Gasteiger partial charge in [0.1, 0.15) is 30.7 Å². The second kappa shape index (κ2) is 13.4. The van der Waals surface area contributed by atoms with E-state index in [1.165, 1.54) is 23.6 Å². The van der Waals surface area contributed by atoms with Gasteiger partial charge in [0.2, 0.25) is 29.5 Å². The van der Waals surface area contributed by atoms with Gasteiger partial charge in [0.25, 0.3) is 0 Å². The third kappa shape index (κ3) is 8.14. The monoisotopic (exact) mass is 524 g/mol. The van der Waals surface area contributed by atoms with Crippen LogP contribution in [0.5, 0.6) is 0 Å². The van der Waals surface area contributed by atoms with Crippen molar-refractivity contribution in [1.82, 2.24) is 25.8 Å². The van der Waals surface area contributed by atoms with E-state index in [-0.39, 0.29) is 11.8 Å². The molecule has 2 fully saturated rings. The smallest absolute Gasteiger partial charge is 0.322 e. The first-order chi connectivity index (χ1) is 17.3. The van der Waals surface area contributed by atoms with Gasteiger partial charge >= 0.3 is 5.97 Å². The highest BCUT2D eigenvalue weighted by Gasteiger charge is 2.40. The van der Waals surface area contributed by atoms with E-state index in [2.05, 4.69) is 16.0 Å². The SMILES string of the molecule is CC(C)C[C@H](NC(=O)[C@H](C)N)C(=O)N1CCC[C@H]1C(=O)N[C@@H](C)C(=O)N1CCC[C@H]1C(=O)NCC(=O)O. The molecule has 0 aromatic carbocycles. The summed E-state index contributed by atoms with van der Waals surface area (Å²) in [5, 5.41) is 16.4. The predicted octanol–water partition coefficient (Wildman–Crippen LogP) is -1.45. The van der Waals surface area contributed by atoms with Gasteiger partial charge in [-0.05, 0) is 51.9 Å². The Labute approximate surface area is 216 Å². The highest BCUT2D eigenvalue weighted by Crippen LogP contribution is 2.22. The van der Waals surface area contributed by atoms with E-state index in [9.17, 15) is 28.8 Å². The summed E-state index contributed by atoms with van der Waals surface area (Å²) in [4.78, 5) is 77.6. The highest BCUT2D eigenvalue weighted by atomic mass is 16.4. The van der Waals surface area contributed by atoms with Crippen LogP contribution in [0.25, 0.3) is 0 Å². The minimum absolute atomic E-state index is 0.107. The zero-order chi connectivity index (χ0) is 27.9. The Morgan fingerprint density at radius 1 is 0.865 bits per heavy atom. The van der Waals surface area contributed by atoms with Gasteiger partial charge in [0.05, 0.1) is 6.04 Å². The van der Waals surface area contributed by atoms with Crippen molar-refractivity contribution < 1.29 is 33.9 Å². The molecule has 0 spiro atoms. The fourth-order valence-electron chi connectivity index (χ4n) is 4.70. The van der Waals surface area contributed by atoms with Crippen LogP contribution >= 0.6 is 0 Å². The van der Waals surface area contributed by atoms with Crippen molar-refractivity contribution in [3.63, 3.8) is 0 Å². The van der Waals surface area contributed by atoms with Crippen LogP contribution in [0.3, 0.4) is 0 Å². The van der Waals surface area contributed by atoms with Gasteiger partial charge in [-0.25, -0.2) is 0 Å². The van der Waals surface area contributed by atoms with E-state index >= 15 is 0 Å². The Morgan fingerprint density at radius 2 is 1.41 bits per heavy atom. The van der Waals surface area contributed by atoms with Gasteiger partial charge in [-0.15, -0.1) is 0 Å². The average Bonchev–Trinajstić information content (AvgIpc) is 3.50. The van der Waals surface area contributed by atoms with Crippen molar-refractivity contribution in [2.24, 2.45) is 11.7 Å². The number of nitrogens with two attached hydrogens (primary N) is 1. The van der Waals surface area contributed by atoms with Crippen molar-refractivity contribution in [2.45, 2.75) is 90.0 Å². The number of hydrogen-bond donors (Lipinski definition) is 5. The number of carbonyl (C=O) groups excluding carboxylic acids is 5. The Balaban J connectivity index is 2.05. The quantitative estimate of drug-likeness (QED) is 0.217. The zero-order valence-corrected chi connectivity index (χ0v) is 22.0. The van der Waals surface area contributed by atoms with E-state index in [1.54, 1.807) is 0 Å². The summed E-state index contributed by atoms with van der Waals surface area (Å²) >= 11 is 0. The van der Waals surface area contributed by atoms with Crippen LogP contribution in [0.15, 0.2) is 0 Å². The van der Waals surface area contributed by atoms with Crippen molar-refractivity contribution >= 4 is 35.5 Å². The summed E-state index contributed by atoms with van der Waals surface area (Å²) in [5.74, 6) is -3.40. The van der Waals surface area contributed by atoms with E-state index in [1.807, 2.05) is 13.8 Å². The summed E-state index contributed by atoms with van der Waals surface area (Å²) in [5.41, 5.74) is 5.65. The minimum atomic E-state index is -1.19. The molecule has 0 bridgehead atoms. The van der Waals surface area contributed by atoms with Crippen LogP contribution in [-0.4, -0.2) is 100 Å². The van der Waals surface area contributed by atoms with Gasteiger partial charge in [0.15, 0.2) is 0 Å². The fourth-order valence-corrected chi connectivity index (χ4v) is 4.70. The molecule has 13 nitrogen and oxygen atoms in total. The van der Waals surface area contributed by atoms with Crippen LogP contribution in [-0.2, 0) is 28.8 Å². The molecule has 13 heteroatoms. The van der Waals surface area contributed by atoms with Crippen LogP contribution in [0.1, 0.15) is 59.8 Å². The normalized spacial score (nSPS) is 21.8. The molecule has 0 unspecified atom stereocenters. The summed E-state index contributed by atoms with van der Waals surface area (Å²) in [6.07, 6.45) is 2.37. The van der Waals surface area contributed by atoms with E-state index < -0.39 is 66.4 Å². The van der Waals surface area contributed by atoms with E-state index in [0.717, 1.165) is 0 Å². The maximum Gasteiger partial charge on any atom is 0.322 e. The molecule has 208 valence electrons. The first kappa shape index (κ1) is 30.0. The van der Waals surface area contributed by atoms with Crippen LogP contribution < -0.4 is 21.7 Å². The van der Waals surface area contributed by atoms with Crippen molar-refractivity contribution in [1.29, 1.82) is 0 Å². The average molecular weight is 525 g/mol.